The second-order valence-corrected chi connectivity index (χ2v) is 5.24. The van der Waals surface area contributed by atoms with Crippen molar-refractivity contribution in [1.82, 2.24) is 0 Å². The highest BCUT2D eigenvalue weighted by Gasteiger charge is 2.42. The molecule has 1 spiro atoms. The lowest BCUT2D eigenvalue weighted by molar-refractivity contribution is 0.281. The van der Waals surface area contributed by atoms with Gasteiger partial charge in [-0.05, 0) is 35.8 Å². The first-order chi connectivity index (χ1) is 7.32. The van der Waals surface area contributed by atoms with Crippen LogP contribution in [0.15, 0.2) is 24.3 Å². The summed E-state index contributed by atoms with van der Waals surface area (Å²) >= 11 is 0. The molecule has 3 rings (SSSR count). The Labute approximate surface area is 91.7 Å². The lowest BCUT2D eigenvalue weighted by atomic mass is 9.70. The molecule has 1 aromatic carbocycles. The van der Waals surface area contributed by atoms with Crippen molar-refractivity contribution in [3.8, 4) is 0 Å². The number of hydrogen-bond donors (Lipinski definition) is 1. The summed E-state index contributed by atoms with van der Waals surface area (Å²) in [6.07, 6.45) is 8.10. The SMILES string of the molecule is NC1CC2(CCCCC2)c2ccccc21. The summed E-state index contributed by atoms with van der Waals surface area (Å²) in [7, 11) is 0. The maximum Gasteiger partial charge on any atom is 0.0306 e. The van der Waals surface area contributed by atoms with Crippen LogP contribution in [0.1, 0.15) is 55.7 Å². The highest BCUT2D eigenvalue weighted by atomic mass is 14.7. The van der Waals surface area contributed by atoms with Gasteiger partial charge in [0.1, 0.15) is 0 Å². The average Bonchev–Trinajstić information content (AvgIpc) is 2.55. The van der Waals surface area contributed by atoms with E-state index in [1.807, 2.05) is 0 Å². The van der Waals surface area contributed by atoms with Gasteiger partial charge in [0, 0.05) is 6.04 Å². The molecule has 0 amide bonds. The first-order valence-electron chi connectivity index (χ1n) is 6.17. The number of nitrogens with two attached hydrogens (primary N) is 1. The van der Waals surface area contributed by atoms with Crippen LogP contribution in [0, 0.1) is 0 Å². The van der Waals surface area contributed by atoms with Crippen LogP contribution in [-0.4, -0.2) is 0 Å². The lowest BCUT2D eigenvalue weighted by Crippen LogP contribution is -2.26. The number of rotatable bonds is 0. The summed E-state index contributed by atoms with van der Waals surface area (Å²) < 4.78 is 0. The van der Waals surface area contributed by atoms with E-state index in [0.717, 1.165) is 0 Å². The van der Waals surface area contributed by atoms with Crippen molar-refractivity contribution in [3.05, 3.63) is 35.4 Å². The molecule has 2 aliphatic rings. The molecule has 1 fully saturated rings. The predicted molar refractivity (Wildman–Crippen MR) is 62.8 cm³/mol. The Kier molecular flexibility index (Phi) is 2.10. The Hall–Kier alpha value is -0.820. The van der Waals surface area contributed by atoms with E-state index in [1.165, 1.54) is 44.1 Å². The van der Waals surface area contributed by atoms with Crippen LogP contribution in [0.5, 0.6) is 0 Å². The molecule has 1 unspecified atom stereocenters. The van der Waals surface area contributed by atoms with Crippen LogP contribution in [0.25, 0.3) is 0 Å². The third kappa shape index (κ3) is 1.33. The maximum absolute atomic E-state index is 6.25. The topological polar surface area (TPSA) is 26.0 Å². The second-order valence-electron chi connectivity index (χ2n) is 5.24. The summed E-state index contributed by atoms with van der Waals surface area (Å²) in [5, 5.41) is 0. The summed E-state index contributed by atoms with van der Waals surface area (Å²) in [6, 6.07) is 9.13. The quantitative estimate of drug-likeness (QED) is 0.685. The summed E-state index contributed by atoms with van der Waals surface area (Å²) in [5.74, 6) is 0. The van der Waals surface area contributed by atoms with Crippen molar-refractivity contribution in [2.75, 3.05) is 0 Å². The first kappa shape index (κ1) is 9.41. The van der Waals surface area contributed by atoms with Gasteiger partial charge < -0.3 is 5.73 Å². The molecule has 80 valence electrons. The molecular weight excluding hydrogens is 182 g/mol. The van der Waals surface area contributed by atoms with Gasteiger partial charge in [-0.25, -0.2) is 0 Å². The van der Waals surface area contributed by atoms with Crippen molar-refractivity contribution in [2.45, 2.75) is 50.0 Å². The first-order valence-corrected chi connectivity index (χ1v) is 6.17. The molecule has 2 N–H and O–H groups in total. The molecule has 0 saturated heterocycles. The minimum Gasteiger partial charge on any atom is -0.324 e. The van der Waals surface area contributed by atoms with E-state index in [4.69, 9.17) is 5.73 Å². The van der Waals surface area contributed by atoms with Gasteiger partial charge in [-0.15, -0.1) is 0 Å². The molecule has 0 radical (unpaired) electrons. The molecule has 0 aliphatic heterocycles. The zero-order valence-corrected chi connectivity index (χ0v) is 9.21. The fourth-order valence-electron chi connectivity index (χ4n) is 3.65. The highest BCUT2D eigenvalue weighted by molar-refractivity contribution is 5.42. The number of fused-ring (bicyclic) bond motifs is 2. The standard InChI is InChI=1S/C14H19N/c15-13-10-14(8-4-1-5-9-14)12-7-3-2-6-11(12)13/h2-3,6-7,13H,1,4-5,8-10,15H2. The van der Waals surface area contributed by atoms with Gasteiger partial charge in [0.15, 0.2) is 0 Å². The Morgan fingerprint density at radius 2 is 1.80 bits per heavy atom. The van der Waals surface area contributed by atoms with Crippen LogP contribution in [0.3, 0.4) is 0 Å². The third-order valence-electron chi connectivity index (χ3n) is 4.35. The van der Waals surface area contributed by atoms with Gasteiger partial charge in [-0.2, -0.15) is 0 Å². The molecule has 0 heterocycles. The minimum atomic E-state index is 0.291. The van der Waals surface area contributed by atoms with Crippen molar-refractivity contribution < 1.29 is 0 Å². The van der Waals surface area contributed by atoms with Crippen molar-refractivity contribution >= 4 is 0 Å². The Balaban J connectivity index is 2.06. The molecule has 15 heavy (non-hydrogen) atoms. The zero-order chi connectivity index (χ0) is 10.3. The summed E-state index contributed by atoms with van der Waals surface area (Å²) in [6.45, 7) is 0. The van der Waals surface area contributed by atoms with Gasteiger partial charge in [0.2, 0.25) is 0 Å². The van der Waals surface area contributed by atoms with Gasteiger partial charge in [0.25, 0.3) is 0 Å². The highest BCUT2D eigenvalue weighted by Crippen LogP contribution is 2.51. The smallest absolute Gasteiger partial charge is 0.0306 e. The van der Waals surface area contributed by atoms with E-state index >= 15 is 0 Å². The molecule has 1 heteroatoms. The van der Waals surface area contributed by atoms with Crippen LogP contribution >= 0.6 is 0 Å². The lowest BCUT2D eigenvalue weighted by Gasteiger charge is -2.34. The van der Waals surface area contributed by atoms with Crippen molar-refractivity contribution in [1.29, 1.82) is 0 Å². The molecule has 0 bridgehead atoms. The van der Waals surface area contributed by atoms with Crippen LogP contribution in [0.2, 0.25) is 0 Å². The number of hydrogen-bond acceptors (Lipinski definition) is 1. The third-order valence-corrected chi connectivity index (χ3v) is 4.35. The van der Waals surface area contributed by atoms with E-state index in [-0.39, 0.29) is 0 Å². The molecule has 2 aliphatic carbocycles. The second kappa shape index (κ2) is 3.34. The van der Waals surface area contributed by atoms with Gasteiger partial charge in [0.05, 0.1) is 0 Å². The fraction of sp³-hybridized carbons (Fsp3) is 0.571. The van der Waals surface area contributed by atoms with E-state index in [9.17, 15) is 0 Å². The molecule has 1 atom stereocenters. The average molecular weight is 201 g/mol. The van der Waals surface area contributed by atoms with Gasteiger partial charge in [-0.1, -0.05) is 43.5 Å². The Morgan fingerprint density at radius 3 is 2.60 bits per heavy atom. The van der Waals surface area contributed by atoms with Crippen LogP contribution in [0.4, 0.5) is 0 Å². The van der Waals surface area contributed by atoms with E-state index < -0.39 is 0 Å². The molecule has 1 saturated carbocycles. The van der Waals surface area contributed by atoms with Crippen LogP contribution < -0.4 is 5.73 Å². The molecular formula is C14H19N. The molecule has 1 aromatic rings. The monoisotopic (exact) mass is 201 g/mol. The van der Waals surface area contributed by atoms with Crippen LogP contribution in [-0.2, 0) is 5.41 Å². The van der Waals surface area contributed by atoms with E-state index in [1.54, 1.807) is 5.56 Å². The predicted octanol–water partition coefficient (Wildman–Crippen LogP) is 3.29. The Bertz CT molecular complexity index is 363. The van der Waals surface area contributed by atoms with Gasteiger partial charge in [-0.3, -0.25) is 0 Å². The van der Waals surface area contributed by atoms with E-state index in [0.29, 0.717) is 11.5 Å². The Morgan fingerprint density at radius 1 is 1.07 bits per heavy atom. The minimum absolute atomic E-state index is 0.291. The van der Waals surface area contributed by atoms with Crippen molar-refractivity contribution in [3.63, 3.8) is 0 Å². The fourth-order valence-corrected chi connectivity index (χ4v) is 3.65. The summed E-state index contributed by atoms with van der Waals surface area (Å²) in [4.78, 5) is 0. The summed E-state index contributed by atoms with van der Waals surface area (Å²) in [5.41, 5.74) is 9.69. The molecule has 0 aromatic heterocycles. The van der Waals surface area contributed by atoms with E-state index in [2.05, 4.69) is 24.3 Å². The largest absolute Gasteiger partial charge is 0.324 e. The van der Waals surface area contributed by atoms with Crippen molar-refractivity contribution in [2.24, 2.45) is 5.73 Å². The molecule has 1 nitrogen and oxygen atoms in total. The number of benzene rings is 1. The normalized spacial score (nSPS) is 27.9. The van der Waals surface area contributed by atoms with Gasteiger partial charge >= 0.3 is 0 Å². The maximum atomic E-state index is 6.25. The zero-order valence-electron chi connectivity index (χ0n) is 9.21.